The van der Waals surface area contributed by atoms with Crippen molar-refractivity contribution in [3.63, 3.8) is 0 Å². The van der Waals surface area contributed by atoms with Crippen LogP contribution in [0.3, 0.4) is 0 Å². The molecule has 0 radical (unpaired) electrons. The number of phenols is 1. The highest BCUT2D eigenvalue weighted by Gasteiger charge is 2.28. The lowest BCUT2D eigenvalue weighted by Gasteiger charge is -2.05. The molecule has 2 aliphatic rings. The molecule has 1 aliphatic heterocycles. The summed E-state index contributed by atoms with van der Waals surface area (Å²) in [5, 5.41) is 9.86. The molecule has 2 aromatic rings. The number of hydrogen-bond acceptors (Lipinski definition) is 4. The van der Waals surface area contributed by atoms with Crippen LogP contribution in [0.1, 0.15) is 32.6 Å². The first-order valence-corrected chi connectivity index (χ1v) is 7.51. The summed E-state index contributed by atoms with van der Waals surface area (Å²) in [6, 6.07) is 7.44. The molecule has 1 N–H and O–H groups in total. The number of ether oxygens (including phenoxy) is 2. The van der Waals surface area contributed by atoms with Crippen LogP contribution >= 0.6 is 0 Å². The van der Waals surface area contributed by atoms with Crippen LogP contribution in [0.5, 0.6) is 17.2 Å². The van der Waals surface area contributed by atoms with Crippen LogP contribution < -0.4 is 9.47 Å². The summed E-state index contributed by atoms with van der Waals surface area (Å²) >= 11 is 0. The molecule has 0 saturated carbocycles. The minimum atomic E-state index is 0.0293. The first-order chi connectivity index (χ1) is 11.0. The lowest BCUT2D eigenvalue weighted by molar-refractivity contribution is 0.104. The van der Waals surface area contributed by atoms with Gasteiger partial charge >= 0.3 is 0 Å². The molecule has 0 saturated heterocycles. The van der Waals surface area contributed by atoms with E-state index in [2.05, 4.69) is 0 Å². The van der Waals surface area contributed by atoms with Crippen molar-refractivity contribution >= 4 is 11.9 Å². The maximum absolute atomic E-state index is 12.6. The van der Waals surface area contributed by atoms with Gasteiger partial charge in [-0.2, -0.15) is 0 Å². The zero-order chi connectivity index (χ0) is 16.1. The van der Waals surface area contributed by atoms with Gasteiger partial charge in [0.15, 0.2) is 17.3 Å². The molecule has 0 atom stereocenters. The molecule has 0 aromatic heterocycles. The number of carbonyl (C=O) groups is 1. The highest BCUT2D eigenvalue weighted by Crippen LogP contribution is 2.39. The second kappa shape index (κ2) is 4.88. The Morgan fingerprint density at radius 3 is 2.39 bits per heavy atom. The van der Waals surface area contributed by atoms with Gasteiger partial charge in [-0.1, -0.05) is 0 Å². The number of benzene rings is 2. The number of phenolic OH excluding ortho intramolecular Hbond substituents is 1. The fourth-order valence-electron chi connectivity index (χ4n) is 3.19. The van der Waals surface area contributed by atoms with Gasteiger partial charge in [-0.25, -0.2) is 0 Å². The fourth-order valence-corrected chi connectivity index (χ4v) is 3.19. The Labute approximate surface area is 134 Å². The van der Waals surface area contributed by atoms with Gasteiger partial charge in [0.2, 0.25) is 6.79 Å². The predicted octanol–water partition coefficient (Wildman–Crippen LogP) is 3.56. The van der Waals surface area contributed by atoms with Gasteiger partial charge in [0.25, 0.3) is 0 Å². The summed E-state index contributed by atoms with van der Waals surface area (Å²) in [5.74, 6) is 1.67. The largest absolute Gasteiger partial charge is 0.507 e. The van der Waals surface area contributed by atoms with Crippen LogP contribution in [0.15, 0.2) is 29.8 Å². The zero-order valence-electron chi connectivity index (χ0n) is 13.0. The van der Waals surface area contributed by atoms with Gasteiger partial charge in [-0.3, -0.25) is 4.79 Å². The number of fused-ring (bicyclic) bond motifs is 2. The third-order valence-corrected chi connectivity index (χ3v) is 4.37. The molecule has 4 nitrogen and oxygen atoms in total. The summed E-state index contributed by atoms with van der Waals surface area (Å²) < 4.78 is 10.7. The standard InChI is InChI=1S/C19H16O4/c1-10-3-12(4-11(2)18(10)20)5-14-6-13-7-16-17(23-9-22-16)8-15(13)19(14)21/h3-5,7-8,20H,6,9H2,1-2H3/b14-5+. The topological polar surface area (TPSA) is 55.8 Å². The van der Waals surface area contributed by atoms with E-state index in [1.165, 1.54) is 0 Å². The summed E-state index contributed by atoms with van der Waals surface area (Å²) in [5.41, 5.74) is 4.94. The molecule has 0 spiro atoms. The second-order valence-electron chi connectivity index (χ2n) is 6.04. The minimum absolute atomic E-state index is 0.0293. The third-order valence-electron chi connectivity index (χ3n) is 4.37. The number of ketones is 1. The Bertz CT molecular complexity index is 854. The molecule has 0 fully saturated rings. The van der Waals surface area contributed by atoms with Crippen molar-refractivity contribution in [3.05, 3.63) is 57.7 Å². The van der Waals surface area contributed by atoms with Gasteiger partial charge in [-0.15, -0.1) is 0 Å². The number of rotatable bonds is 1. The number of hydrogen-bond donors (Lipinski definition) is 1. The first-order valence-electron chi connectivity index (χ1n) is 7.51. The van der Waals surface area contributed by atoms with Gasteiger partial charge in [0.05, 0.1) is 0 Å². The summed E-state index contributed by atoms with van der Waals surface area (Å²) in [6.45, 7) is 3.92. The maximum atomic E-state index is 12.6. The Kier molecular flexibility index (Phi) is 2.94. The molecule has 4 rings (SSSR count). The van der Waals surface area contributed by atoms with E-state index in [-0.39, 0.29) is 12.6 Å². The smallest absolute Gasteiger partial charge is 0.231 e. The highest BCUT2D eigenvalue weighted by atomic mass is 16.7. The van der Waals surface area contributed by atoms with E-state index < -0.39 is 0 Å². The predicted molar refractivity (Wildman–Crippen MR) is 86.2 cm³/mol. The van der Waals surface area contributed by atoms with Gasteiger partial charge in [0.1, 0.15) is 5.75 Å². The van der Waals surface area contributed by atoms with E-state index in [1.54, 1.807) is 6.07 Å². The van der Waals surface area contributed by atoms with Gasteiger partial charge < -0.3 is 14.6 Å². The van der Waals surface area contributed by atoms with Crippen LogP contribution in [0.25, 0.3) is 6.08 Å². The van der Waals surface area contributed by atoms with Crippen LogP contribution in [0.2, 0.25) is 0 Å². The van der Waals surface area contributed by atoms with Crippen LogP contribution in [-0.4, -0.2) is 17.7 Å². The number of carbonyl (C=O) groups excluding carboxylic acids is 1. The van der Waals surface area contributed by atoms with E-state index in [9.17, 15) is 9.90 Å². The van der Waals surface area contributed by atoms with Crippen LogP contribution in [0.4, 0.5) is 0 Å². The molecule has 0 amide bonds. The SMILES string of the molecule is Cc1cc(/C=C2\Cc3cc4c(cc3C2=O)OCO4)cc(C)c1O. The number of allylic oxidation sites excluding steroid dienone is 1. The quantitative estimate of drug-likeness (QED) is 0.818. The van der Waals surface area contributed by atoms with Gasteiger partial charge in [0, 0.05) is 17.6 Å². The van der Waals surface area contributed by atoms with Crippen molar-refractivity contribution in [2.75, 3.05) is 6.79 Å². The molecule has 1 aliphatic carbocycles. The molecule has 0 bridgehead atoms. The minimum Gasteiger partial charge on any atom is -0.507 e. The fraction of sp³-hybridized carbons (Fsp3) is 0.211. The average molecular weight is 308 g/mol. The van der Waals surface area contributed by atoms with Crippen molar-refractivity contribution in [2.24, 2.45) is 0 Å². The molecule has 1 heterocycles. The van der Waals surface area contributed by atoms with E-state index in [0.717, 1.165) is 27.8 Å². The highest BCUT2D eigenvalue weighted by molar-refractivity contribution is 6.16. The van der Waals surface area contributed by atoms with Crippen molar-refractivity contribution < 1.29 is 19.4 Å². The lowest BCUT2D eigenvalue weighted by Crippen LogP contribution is -1.96. The summed E-state index contributed by atoms with van der Waals surface area (Å²) in [6.07, 6.45) is 2.48. The van der Waals surface area contributed by atoms with Crippen molar-refractivity contribution in [3.8, 4) is 17.2 Å². The zero-order valence-corrected chi connectivity index (χ0v) is 13.0. The summed E-state index contributed by atoms with van der Waals surface area (Å²) in [4.78, 5) is 12.6. The van der Waals surface area contributed by atoms with E-state index >= 15 is 0 Å². The average Bonchev–Trinajstić information content (AvgIpc) is 3.08. The van der Waals surface area contributed by atoms with Gasteiger partial charge in [-0.05, 0) is 66.4 Å². The van der Waals surface area contributed by atoms with Crippen molar-refractivity contribution in [1.82, 2.24) is 0 Å². The monoisotopic (exact) mass is 308 g/mol. The Morgan fingerprint density at radius 2 is 1.70 bits per heavy atom. The molecule has 116 valence electrons. The number of Topliss-reactive ketones (excluding diaryl/α,β-unsaturated/α-hetero) is 1. The molecule has 2 aromatic carbocycles. The van der Waals surface area contributed by atoms with Crippen molar-refractivity contribution in [2.45, 2.75) is 20.3 Å². The van der Waals surface area contributed by atoms with Crippen molar-refractivity contribution in [1.29, 1.82) is 0 Å². The Morgan fingerprint density at radius 1 is 1.04 bits per heavy atom. The lowest BCUT2D eigenvalue weighted by atomic mass is 10.0. The first kappa shape index (κ1) is 13.9. The van der Waals surface area contributed by atoms with Crippen LogP contribution in [-0.2, 0) is 6.42 Å². The van der Waals surface area contributed by atoms with E-state index in [4.69, 9.17) is 9.47 Å². The Balaban J connectivity index is 1.73. The molecule has 0 unspecified atom stereocenters. The second-order valence-corrected chi connectivity index (χ2v) is 6.04. The van der Waals surface area contributed by atoms with E-state index in [1.807, 2.05) is 38.1 Å². The maximum Gasteiger partial charge on any atom is 0.231 e. The normalized spacial score (nSPS) is 17.0. The number of aryl methyl sites for hydroxylation is 2. The van der Waals surface area contributed by atoms with E-state index in [0.29, 0.717) is 29.2 Å². The molecule has 4 heteroatoms. The third kappa shape index (κ3) is 2.18. The molecule has 23 heavy (non-hydrogen) atoms. The summed E-state index contributed by atoms with van der Waals surface area (Å²) in [7, 11) is 0. The molecular formula is C19H16O4. The number of aromatic hydroxyl groups is 1. The van der Waals surface area contributed by atoms with Crippen LogP contribution in [0, 0.1) is 13.8 Å². The molecular weight excluding hydrogens is 292 g/mol. The Hall–Kier alpha value is -2.75.